The van der Waals surface area contributed by atoms with Gasteiger partial charge in [0.2, 0.25) is 0 Å². The minimum atomic E-state index is -0.550. The van der Waals surface area contributed by atoms with E-state index in [9.17, 15) is 9.18 Å². The molecular weight excluding hydrogens is 334 g/mol. The molecule has 2 aromatic rings. The monoisotopic (exact) mass is 342 g/mol. The molecule has 0 atom stereocenters. The van der Waals surface area contributed by atoms with Crippen molar-refractivity contribution < 1.29 is 9.18 Å². The van der Waals surface area contributed by atoms with Gasteiger partial charge in [0.25, 0.3) is 5.91 Å². The highest BCUT2D eigenvalue weighted by atomic mass is 127. The number of halogens is 2. The Morgan fingerprint density at radius 3 is 2.88 bits per heavy atom. The number of benzene rings is 1. The zero-order chi connectivity index (χ0) is 12.3. The van der Waals surface area contributed by atoms with Crippen LogP contribution in [0, 0.1) is 9.39 Å². The zero-order valence-corrected chi connectivity index (χ0v) is 10.8. The number of anilines is 1. The molecule has 1 aromatic heterocycles. The van der Waals surface area contributed by atoms with Gasteiger partial charge in [-0.3, -0.25) is 9.78 Å². The summed E-state index contributed by atoms with van der Waals surface area (Å²) < 4.78 is 14.2. The highest BCUT2D eigenvalue weighted by Crippen LogP contribution is 2.14. The maximum atomic E-state index is 13.3. The first-order chi connectivity index (χ1) is 8.16. The van der Waals surface area contributed by atoms with Gasteiger partial charge in [0.1, 0.15) is 0 Å². The third kappa shape index (κ3) is 3.00. The topological polar surface area (TPSA) is 42.0 Å². The van der Waals surface area contributed by atoms with Gasteiger partial charge in [-0.1, -0.05) is 6.07 Å². The highest BCUT2D eigenvalue weighted by molar-refractivity contribution is 14.1. The Bertz CT molecular complexity index is 560. The Balaban J connectivity index is 2.20. The number of carbonyl (C=O) groups is 1. The highest BCUT2D eigenvalue weighted by Gasteiger charge is 2.08. The average molecular weight is 342 g/mol. The summed E-state index contributed by atoms with van der Waals surface area (Å²) in [5.74, 6) is -0.889. The van der Waals surface area contributed by atoms with E-state index in [1.165, 1.54) is 12.3 Å². The second-order valence-corrected chi connectivity index (χ2v) is 4.57. The van der Waals surface area contributed by atoms with Crippen molar-refractivity contribution in [1.29, 1.82) is 0 Å². The summed E-state index contributed by atoms with van der Waals surface area (Å²) in [6.45, 7) is 0. The fraction of sp³-hybridized carbons (Fsp3) is 0. The number of amides is 1. The predicted molar refractivity (Wildman–Crippen MR) is 71.3 cm³/mol. The maximum absolute atomic E-state index is 13.3. The van der Waals surface area contributed by atoms with Gasteiger partial charge in [-0.25, -0.2) is 4.39 Å². The van der Waals surface area contributed by atoms with Crippen LogP contribution in [0.1, 0.15) is 10.4 Å². The van der Waals surface area contributed by atoms with Gasteiger partial charge in [0, 0.05) is 15.3 Å². The van der Waals surface area contributed by atoms with Crippen LogP contribution in [0.3, 0.4) is 0 Å². The van der Waals surface area contributed by atoms with Crippen LogP contribution in [0.25, 0.3) is 0 Å². The first-order valence-electron chi connectivity index (χ1n) is 4.83. The van der Waals surface area contributed by atoms with E-state index in [4.69, 9.17) is 0 Å². The fourth-order valence-corrected chi connectivity index (χ4v) is 1.84. The molecule has 3 nitrogen and oxygen atoms in total. The van der Waals surface area contributed by atoms with Gasteiger partial charge < -0.3 is 5.32 Å². The quantitative estimate of drug-likeness (QED) is 0.853. The van der Waals surface area contributed by atoms with E-state index < -0.39 is 5.82 Å². The predicted octanol–water partition coefficient (Wildman–Crippen LogP) is 3.08. The van der Waals surface area contributed by atoms with Gasteiger partial charge in [-0.2, -0.15) is 0 Å². The summed E-state index contributed by atoms with van der Waals surface area (Å²) in [5, 5.41) is 2.50. The smallest absolute Gasteiger partial charge is 0.255 e. The van der Waals surface area contributed by atoms with E-state index >= 15 is 0 Å². The van der Waals surface area contributed by atoms with Crippen LogP contribution in [-0.2, 0) is 0 Å². The Morgan fingerprint density at radius 1 is 1.35 bits per heavy atom. The summed E-state index contributed by atoms with van der Waals surface area (Å²) in [6.07, 6.45) is 2.48. The van der Waals surface area contributed by atoms with Crippen molar-refractivity contribution in [2.45, 2.75) is 0 Å². The Labute approximate surface area is 111 Å². The van der Waals surface area contributed by atoms with E-state index in [2.05, 4.69) is 32.9 Å². The number of carbonyl (C=O) groups excluding carboxylic acids is 1. The lowest BCUT2D eigenvalue weighted by Crippen LogP contribution is -2.13. The average Bonchev–Trinajstić information content (AvgIpc) is 2.32. The summed E-state index contributed by atoms with van der Waals surface area (Å²) in [5.41, 5.74) is 0.622. The van der Waals surface area contributed by atoms with E-state index in [1.807, 2.05) is 6.07 Å². The molecular formula is C12H8FIN2O. The van der Waals surface area contributed by atoms with Crippen LogP contribution < -0.4 is 5.32 Å². The van der Waals surface area contributed by atoms with Gasteiger partial charge in [0.05, 0.1) is 11.9 Å². The number of rotatable bonds is 2. The van der Waals surface area contributed by atoms with E-state index in [0.717, 1.165) is 9.77 Å². The summed E-state index contributed by atoms with van der Waals surface area (Å²) >= 11 is 2.11. The summed E-state index contributed by atoms with van der Waals surface area (Å²) in [6, 6.07) is 8.48. The number of hydrogen-bond donors (Lipinski definition) is 1. The van der Waals surface area contributed by atoms with Crippen molar-refractivity contribution in [2.24, 2.45) is 0 Å². The SMILES string of the molecule is O=C(Nc1ccncc1F)c1cccc(I)c1. The molecule has 17 heavy (non-hydrogen) atoms. The fourth-order valence-electron chi connectivity index (χ4n) is 1.30. The Morgan fingerprint density at radius 2 is 2.18 bits per heavy atom. The molecule has 2 rings (SSSR count). The first-order valence-corrected chi connectivity index (χ1v) is 5.91. The van der Waals surface area contributed by atoms with E-state index in [-0.39, 0.29) is 11.6 Å². The van der Waals surface area contributed by atoms with Crippen molar-refractivity contribution in [2.75, 3.05) is 5.32 Å². The number of aromatic nitrogens is 1. The molecule has 0 fully saturated rings. The van der Waals surface area contributed by atoms with Crippen molar-refractivity contribution in [1.82, 2.24) is 4.98 Å². The summed E-state index contributed by atoms with van der Waals surface area (Å²) in [7, 11) is 0. The van der Waals surface area contributed by atoms with Crippen molar-refractivity contribution in [3.8, 4) is 0 Å². The molecule has 0 saturated carbocycles. The molecule has 1 aromatic carbocycles. The van der Waals surface area contributed by atoms with E-state index in [1.54, 1.807) is 18.2 Å². The molecule has 0 spiro atoms. The maximum Gasteiger partial charge on any atom is 0.255 e. The Hall–Kier alpha value is -1.50. The van der Waals surface area contributed by atoms with Crippen LogP contribution in [0.15, 0.2) is 42.7 Å². The number of hydrogen-bond acceptors (Lipinski definition) is 2. The standard InChI is InChI=1S/C12H8FIN2O/c13-10-7-15-5-4-11(10)16-12(17)8-2-1-3-9(14)6-8/h1-7H,(H,15,16,17). The molecule has 0 unspecified atom stereocenters. The van der Waals surface area contributed by atoms with Crippen molar-refractivity contribution in [3.05, 3.63) is 57.7 Å². The second kappa shape index (κ2) is 5.22. The van der Waals surface area contributed by atoms with Crippen LogP contribution >= 0.6 is 22.6 Å². The first kappa shape index (κ1) is 12.0. The van der Waals surface area contributed by atoms with Gasteiger partial charge in [-0.15, -0.1) is 0 Å². The third-order valence-corrected chi connectivity index (χ3v) is 2.78. The lowest BCUT2D eigenvalue weighted by Gasteiger charge is -2.05. The number of nitrogens with zero attached hydrogens (tertiary/aromatic N) is 1. The van der Waals surface area contributed by atoms with Crippen LogP contribution in [0.2, 0.25) is 0 Å². The molecule has 1 heterocycles. The number of nitrogens with one attached hydrogen (secondary N) is 1. The van der Waals surface area contributed by atoms with Gasteiger partial charge in [-0.05, 0) is 46.9 Å². The largest absolute Gasteiger partial charge is 0.319 e. The second-order valence-electron chi connectivity index (χ2n) is 3.32. The van der Waals surface area contributed by atoms with Crippen molar-refractivity contribution >= 4 is 34.2 Å². The molecule has 0 aliphatic heterocycles. The summed E-state index contributed by atoms with van der Waals surface area (Å²) in [4.78, 5) is 15.4. The minimum absolute atomic E-state index is 0.129. The Kier molecular flexibility index (Phi) is 3.68. The molecule has 0 aliphatic carbocycles. The number of pyridine rings is 1. The zero-order valence-electron chi connectivity index (χ0n) is 8.65. The van der Waals surface area contributed by atoms with Crippen LogP contribution in [0.5, 0.6) is 0 Å². The minimum Gasteiger partial charge on any atom is -0.319 e. The molecule has 0 saturated heterocycles. The van der Waals surface area contributed by atoms with Crippen LogP contribution in [-0.4, -0.2) is 10.9 Å². The molecule has 0 bridgehead atoms. The molecule has 1 N–H and O–H groups in total. The van der Waals surface area contributed by atoms with E-state index in [0.29, 0.717) is 5.56 Å². The molecule has 0 radical (unpaired) electrons. The normalized spacial score (nSPS) is 10.0. The molecule has 86 valence electrons. The third-order valence-electron chi connectivity index (χ3n) is 2.11. The lowest BCUT2D eigenvalue weighted by atomic mass is 10.2. The van der Waals surface area contributed by atoms with Gasteiger partial charge >= 0.3 is 0 Å². The molecule has 1 amide bonds. The molecule has 5 heteroatoms. The van der Waals surface area contributed by atoms with Gasteiger partial charge in [0.15, 0.2) is 5.82 Å². The lowest BCUT2D eigenvalue weighted by molar-refractivity contribution is 0.102. The van der Waals surface area contributed by atoms with Crippen molar-refractivity contribution in [3.63, 3.8) is 0 Å². The van der Waals surface area contributed by atoms with Crippen LogP contribution in [0.4, 0.5) is 10.1 Å². The molecule has 0 aliphatic rings.